The molecule has 0 unspecified atom stereocenters. The minimum absolute atomic E-state index is 0.00717. The molecular weight excluding hydrogens is 370 g/mol. The van der Waals surface area contributed by atoms with Crippen LogP contribution < -0.4 is 10.6 Å². The Kier molecular flexibility index (Phi) is 5.30. The number of hydrogen-bond acceptors (Lipinski definition) is 4. The van der Waals surface area contributed by atoms with Gasteiger partial charge in [-0.1, -0.05) is 29.3 Å². The van der Waals surface area contributed by atoms with Crippen LogP contribution in [-0.4, -0.2) is 19.6 Å². The Labute approximate surface area is 141 Å². The molecule has 2 rings (SSSR count). The van der Waals surface area contributed by atoms with Gasteiger partial charge in [-0.15, -0.1) is 0 Å². The van der Waals surface area contributed by atoms with E-state index in [4.69, 9.17) is 23.2 Å². The van der Waals surface area contributed by atoms with E-state index in [1.807, 2.05) is 0 Å². The number of thiol groups is 1. The maximum atomic E-state index is 13.3. The average molecular weight is 379 g/mol. The average Bonchev–Trinajstić information content (AvgIpc) is 2.47. The number of amides is 2. The van der Waals surface area contributed by atoms with Crippen LogP contribution in [0, 0.1) is 5.82 Å². The lowest BCUT2D eigenvalue weighted by Crippen LogP contribution is -2.20. The van der Waals surface area contributed by atoms with Gasteiger partial charge in [0.1, 0.15) is 10.7 Å². The van der Waals surface area contributed by atoms with Gasteiger partial charge < -0.3 is 15.7 Å². The van der Waals surface area contributed by atoms with Crippen LogP contribution in [0.15, 0.2) is 35.2 Å². The van der Waals surface area contributed by atoms with E-state index in [1.54, 1.807) is 0 Å². The van der Waals surface area contributed by atoms with Crippen molar-refractivity contribution in [1.82, 2.24) is 0 Å². The van der Waals surface area contributed by atoms with Crippen molar-refractivity contribution in [1.29, 1.82) is 0 Å². The Morgan fingerprint density at radius 2 is 1.74 bits per heavy atom. The van der Waals surface area contributed by atoms with E-state index < -0.39 is 33.2 Å². The van der Waals surface area contributed by atoms with Gasteiger partial charge in [0, 0.05) is 0 Å². The molecular formula is C13H9Cl2FN2O4S. The molecule has 3 N–H and O–H groups in total. The summed E-state index contributed by atoms with van der Waals surface area (Å²) in [4.78, 5) is 11.4. The first-order chi connectivity index (χ1) is 10.8. The summed E-state index contributed by atoms with van der Waals surface area (Å²) in [5.74, 6) is -1.42. The molecule has 0 atom stereocenters. The van der Waals surface area contributed by atoms with Crippen molar-refractivity contribution < 1.29 is 22.7 Å². The maximum absolute atomic E-state index is 13.3. The number of phenols is 1. The highest BCUT2D eigenvalue weighted by Gasteiger charge is 2.16. The molecule has 0 aromatic heterocycles. The summed E-state index contributed by atoms with van der Waals surface area (Å²) < 4.78 is 35.4. The van der Waals surface area contributed by atoms with Crippen molar-refractivity contribution in [2.75, 3.05) is 10.6 Å². The number of carbonyl (C=O) groups excluding carboxylic acids is 1. The third-order valence-electron chi connectivity index (χ3n) is 2.73. The highest BCUT2D eigenvalue weighted by molar-refractivity contribution is 7.72. The van der Waals surface area contributed by atoms with Gasteiger partial charge in [0.15, 0.2) is 16.5 Å². The Bertz CT molecular complexity index is 850. The second-order valence-corrected chi connectivity index (χ2v) is 5.98. The lowest BCUT2D eigenvalue weighted by molar-refractivity contribution is 0.262. The maximum Gasteiger partial charge on any atom is 0.323 e. The molecule has 2 aromatic rings. The predicted molar refractivity (Wildman–Crippen MR) is 85.7 cm³/mol. The standard InChI is InChI=1S/C13H9Cl2FN2O4S/c14-6-4-5-9(11(19)12(6)23(21)22)18-13(20)17-8-3-1-2-7(16)10(8)15/h1-5,19,23H,(H2,17,18,20). The van der Waals surface area contributed by atoms with E-state index >= 15 is 0 Å². The molecule has 10 heteroatoms. The third kappa shape index (κ3) is 3.84. The van der Waals surface area contributed by atoms with E-state index in [2.05, 4.69) is 10.6 Å². The molecule has 0 saturated heterocycles. The van der Waals surface area contributed by atoms with Crippen molar-refractivity contribution in [3.63, 3.8) is 0 Å². The van der Waals surface area contributed by atoms with Gasteiger partial charge in [-0.3, -0.25) is 0 Å². The van der Waals surface area contributed by atoms with Crippen LogP contribution in [0.5, 0.6) is 5.75 Å². The van der Waals surface area contributed by atoms with Gasteiger partial charge in [0.05, 0.1) is 21.4 Å². The fraction of sp³-hybridized carbons (Fsp3) is 0. The van der Waals surface area contributed by atoms with Gasteiger partial charge >= 0.3 is 6.03 Å². The van der Waals surface area contributed by atoms with Gasteiger partial charge in [-0.05, 0) is 24.3 Å². The smallest absolute Gasteiger partial charge is 0.323 e. The van der Waals surface area contributed by atoms with Crippen molar-refractivity contribution in [3.05, 3.63) is 46.2 Å². The highest BCUT2D eigenvalue weighted by Crippen LogP contribution is 2.34. The predicted octanol–water partition coefficient (Wildman–Crippen LogP) is 3.45. The summed E-state index contributed by atoms with van der Waals surface area (Å²) in [6.07, 6.45) is 0. The zero-order valence-corrected chi connectivity index (χ0v) is 13.5. The Morgan fingerprint density at radius 3 is 2.39 bits per heavy atom. The number of carbonyl (C=O) groups is 1. The molecule has 2 aromatic carbocycles. The number of aromatic hydroxyl groups is 1. The van der Waals surface area contributed by atoms with Crippen LogP contribution in [0.4, 0.5) is 20.6 Å². The van der Waals surface area contributed by atoms with E-state index in [0.29, 0.717) is 0 Å². The molecule has 0 aliphatic rings. The van der Waals surface area contributed by atoms with Crippen LogP contribution in [0.1, 0.15) is 0 Å². The molecule has 0 saturated carbocycles. The first-order valence-corrected chi connectivity index (χ1v) is 7.92. The molecule has 0 bridgehead atoms. The molecule has 0 aliphatic heterocycles. The molecule has 0 radical (unpaired) electrons. The summed E-state index contributed by atoms with van der Waals surface area (Å²) in [7, 11) is -3.16. The Balaban J connectivity index is 2.24. The minimum Gasteiger partial charge on any atom is -0.504 e. The van der Waals surface area contributed by atoms with Crippen molar-refractivity contribution in [3.8, 4) is 5.75 Å². The molecule has 0 heterocycles. The molecule has 0 spiro atoms. The fourth-order valence-electron chi connectivity index (χ4n) is 1.71. The van der Waals surface area contributed by atoms with Gasteiger partial charge in [-0.25, -0.2) is 17.6 Å². The summed E-state index contributed by atoms with van der Waals surface area (Å²) in [5, 5.41) is 13.9. The number of halogens is 3. The van der Waals surface area contributed by atoms with Crippen LogP contribution in [0.2, 0.25) is 10.0 Å². The van der Waals surface area contributed by atoms with Crippen LogP contribution in [0.3, 0.4) is 0 Å². The molecule has 0 fully saturated rings. The van der Waals surface area contributed by atoms with E-state index in [1.165, 1.54) is 24.3 Å². The Hall–Kier alpha value is -2.03. The Morgan fingerprint density at radius 1 is 1.09 bits per heavy atom. The van der Waals surface area contributed by atoms with Crippen molar-refractivity contribution >= 4 is 51.3 Å². The first-order valence-electron chi connectivity index (χ1n) is 5.99. The second-order valence-electron chi connectivity index (χ2n) is 4.23. The zero-order valence-electron chi connectivity index (χ0n) is 11.1. The van der Waals surface area contributed by atoms with Gasteiger partial charge in [0.25, 0.3) is 0 Å². The number of benzene rings is 2. The quantitative estimate of drug-likeness (QED) is 0.485. The van der Waals surface area contributed by atoms with Gasteiger partial charge in [0.2, 0.25) is 0 Å². The fourth-order valence-corrected chi connectivity index (χ4v) is 2.78. The number of anilines is 2. The van der Waals surface area contributed by atoms with Gasteiger partial charge in [-0.2, -0.15) is 0 Å². The topological polar surface area (TPSA) is 95.5 Å². The normalized spacial score (nSPS) is 10.6. The second kappa shape index (κ2) is 7.03. The van der Waals surface area contributed by atoms with Crippen LogP contribution in [-0.2, 0) is 10.7 Å². The number of hydrogen-bond donors (Lipinski definition) is 4. The molecule has 2 amide bonds. The summed E-state index contributed by atoms with van der Waals surface area (Å²) >= 11 is 11.4. The summed E-state index contributed by atoms with van der Waals surface area (Å²) in [5.41, 5.74) is -0.179. The number of phenolic OH excluding ortho intramolecular Hbond substituents is 1. The lowest BCUT2D eigenvalue weighted by atomic mass is 10.3. The number of nitrogens with one attached hydrogen (secondary N) is 2. The highest BCUT2D eigenvalue weighted by atomic mass is 35.5. The molecule has 6 nitrogen and oxygen atoms in total. The largest absolute Gasteiger partial charge is 0.504 e. The molecule has 0 aliphatic carbocycles. The minimum atomic E-state index is -3.16. The van der Waals surface area contributed by atoms with Crippen molar-refractivity contribution in [2.24, 2.45) is 0 Å². The van der Waals surface area contributed by atoms with E-state index in [9.17, 15) is 22.7 Å². The third-order valence-corrected chi connectivity index (χ3v) is 4.38. The number of urea groups is 1. The monoisotopic (exact) mass is 378 g/mol. The molecule has 23 heavy (non-hydrogen) atoms. The van der Waals surface area contributed by atoms with E-state index in [0.717, 1.165) is 6.07 Å². The van der Waals surface area contributed by atoms with E-state index in [-0.39, 0.29) is 21.4 Å². The summed E-state index contributed by atoms with van der Waals surface area (Å²) in [6, 6.07) is 5.39. The summed E-state index contributed by atoms with van der Waals surface area (Å²) in [6.45, 7) is 0. The lowest BCUT2D eigenvalue weighted by Gasteiger charge is -2.11. The number of rotatable bonds is 3. The molecule has 122 valence electrons. The van der Waals surface area contributed by atoms with Crippen LogP contribution >= 0.6 is 23.2 Å². The van der Waals surface area contributed by atoms with Crippen molar-refractivity contribution in [2.45, 2.75) is 4.90 Å². The first kappa shape index (κ1) is 17.3. The SMILES string of the molecule is O=C(Nc1ccc(Cl)c([SH](=O)=O)c1O)Nc1cccc(F)c1Cl. The zero-order chi connectivity index (χ0) is 17.1. The van der Waals surface area contributed by atoms with Crippen LogP contribution in [0.25, 0.3) is 0 Å².